The molecule has 0 heterocycles. The summed E-state index contributed by atoms with van der Waals surface area (Å²) in [6.45, 7) is 3.97. The van der Waals surface area contributed by atoms with Gasteiger partial charge in [0.2, 0.25) is 0 Å². The first kappa shape index (κ1) is 15.9. The standard InChI is InChI=1S/C17H18F2N2O/c1-11(2)16(12-6-4-3-5-7-12)21-17(22)20-15-9-8-13(18)10-14(15)19/h3-11,16H,1-2H3,(H2,20,21,22). The molecule has 0 saturated carbocycles. The molecule has 116 valence electrons. The molecule has 0 radical (unpaired) electrons. The molecule has 0 aliphatic heterocycles. The third kappa shape index (κ3) is 4.04. The summed E-state index contributed by atoms with van der Waals surface area (Å²) in [4.78, 5) is 12.1. The van der Waals surface area contributed by atoms with E-state index in [1.807, 2.05) is 44.2 Å². The minimum atomic E-state index is -0.809. The Morgan fingerprint density at radius 1 is 1.05 bits per heavy atom. The van der Waals surface area contributed by atoms with Crippen molar-refractivity contribution in [2.75, 3.05) is 5.32 Å². The van der Waals surface area contributed by atoms with Crippen molar-refractivity contribution in [2.24, 2.45) is 5.92 Å². The summed E-state index contributed by atoms with van der Waals surface area (Å²) in [5, 5.41) is 5.21. The summed E-state index contributed by atoms with van der Waals surface area (Å²) in [7, 11) is 0. The Hall–Kier alpha value is -2.43. The highest BCUT2D eigenvalue weighted by molar-refractivity contribution is 5.89. The van der Waals surface area contributed by atoms with Gasteiger partial charge in [-0.15, -0.1) is 0 Å². The van der Waals surface area contributed by atoms with Gasteiger partial charge in [0, 0.05) is 6.07 Å². The van der Waals surface area contributed by atoms with E-state index in [2.05, 4.69) is 10.6 Å². The predicted octanol–water partition coefficient (Wildman–Crippen LogP) is 4.48. The molecule has 22 heavy (non-hydrogen) atoms. The van der Waals surface area contributed by atoms with E-state index in [1.165, 1.54) is 6.07 Å². The van der Waals surface area contributed by atoms with E-state index in [9.17, 15) is 13.6 Å². The molecular formula is C17H18F2N2O. The highest BCUT2D eigenvalue weighted by atomic mass is 19.1. The van der Waals surface area contributed by atoms with Gasteiger partial charge in [-0.1, -0.05) is 44.2 Å². The van der Waals surface area contributed by atoms with Crippen LogP contribution < -0.4 is 10.6 Å². The second-order valence-electron chi connectivity index (χ2n) is 5.36. The van der Waals surface area contributed by atoms with Crippen molar-refractivity contribution in [2.45, 2.75) is 19.9 Å². The summed E-state index contributed by atoms with van der Waals surface area (Å²) in [6.07, 6.45) is 0. The van der Waals surface area contributed by atoms with Gasteiger partial charge in [-0.05, 0) is 23.6 Å². The Morgan fingerprint density at radius 3 is 2.32 bits per heavy atom. The number of amides is 2. The Bertz CT molecular complexity index is 644. The lowest BCUT2D eigenvalue weighted by Gasteiger charge is -2.23. The number of hydrogen-bond donors (Lipinski definition) is 2. The summed E-state index contributed by atoms with van der Waals surface area (Å²) in [5.74, 6) is -1.34. The molecule has 2 N–H and O–H groups in total. The van der Waals surface area contributed by atoms with Gasteiger partial charge in [-0.25, -0.2) is 13.6 Å². The number of rotatable bonds is 4. The number of hydrogen-bond acceptors (Lipinski definition) is 1. The zero-order valence-electron chi connectivity index (χ0n) is 12.4. The number of urea groups is 1. The summed E-state index contributed by atoms with van der Waals surface area (Å²) >= 11 is 0. The largest absolute Gasteiger partial charge is 0.331 e. The van der Waals surface area contributed by atoms with Crippen molar-refractivity contribution in [1.29, 1.82) is 0 Å². The Kier molecular flexibility index (Phi) is 5.09. The van der Waals surface area contributed by atoms with Crippen LogP contribution >= 0.6 is 0 Å². The fraction of sp³-hybridized carbons (Fsp3) is 0.235. The van der Waals surface area contributed by atoms with Gasteiger partial charge in [-0.2, -0.15) is 0 Å². The fourth-order valence-corrected chi connectivity index (χ4v) is 2.19. The Morgan fingerprint density at radius 2 is 1.73 bits per heavy atom. The van der Waals surface area contributed by atoms with Crippen LogP contribution in [0.1, 0.15) is 25.5 Å². The molecule has 0 aliphatic carbocycles. The third-order valence-corrected chi connectivity index (χ3v) is 3.29. The minimum Gasteiger partial charge on any atom is -0.331 e. The van der Waals surface area contributed by atoms with E-state index in [4.69, 9.17) is 0 Å². The maximum Gasteiger partial charge on any atom is 0.319 e. The highest BCUT2D eigenvalue weighted by Crippen LogP contribution is 2.22. The zero-order valence-corrected chi connectivity index (χ0v) is 12.4. The normalized spacial score (nSPS) is 12.0. The lowest BCUT2D eigenvalue weighted by Crippen LogP contribution is -2.35. The molecule has 0 bridgehead atoms. The SMILES string of the molecule is CC(C)C(NC(=O)Nc1ccc(F)cc1F)c1ccccc1. The van der Waals surface area contributed by atoms with Crippen LogP contribution in [0.4, 0.5) is 19.3 Å². The quantitative estimate of drug-likeness (QED) is 0.859. The molecule has 2 aromatic rings. The van der Waals surface area contributed by atoms with E-state index < -0.39 is 17.7 Å². The van der Waals surface area contributed by atoms with E-state index in [0.29, 0.717) is 0 Å². The van der Waals surface area contributed by atoms with E-state index in [1.54, 1.807) is 0 Å². The molecule has 0 fully saturated rings. The van der Waals surface area contributed by atoms with Gasteiger partial charge in [0.15, 0.2) is 0 Å². The number of carbonyl (C=O) groups excluding carboxylic acids is 1. The lowest BCUT2D eigenvalue weighted by molar-refractivity contribution is 0.244. The minimum absolute atomic E-state index is 0.0607. The molecule has 2 amide bonds. The van der Waals surface area contributed by atoms with Crippen molar-refractivity contribution < 1.29 is 13.6 Å². The number of halogens is 2. The van der Waals surface area contributed by atoms with Crippen molar-refractivity contribution in [3.05, 3.63) is 65.7 Å². The molecule has 0 spiro atoms. The van der Waals surface area contributed by atoms with Crippen LogP contribution in [0, 0.1) is 17.6 Å². The van der Waals surface area contributed by atoms with Crippen molar-refractivity contribution in [3.63, 3.8) is 0 Å². The topological polar surface area (TPSA) is 41.1 Å². The average Bonchev–Trinajstić information content (AvgIpc) is 2.48. The monoisotopic (exact) mass is 304 g/mol. The molecule has 1 atom stereocenters. The van der Waals surface area contributed by atoms with Crippen LogP contribution in [-0.2, 0) is 0 Å². The van der Waals surface area contributed by atoms with E-state index in [0.717, 1.165) is 17.7 Å². The molecule has 0 saturated heterocycles. The first-order valence-corrected chi connectivity index (χ1v) is 7.05. The van der Waals surface area contributed by atoms with Gasteiger partial charge in [0.1, 0.15) is 11.6 Å². The number of anilines is 1. The van der Waals surface area contributed by atoms with Crippen LogP contribution in [0.25, 0.3) is 0 Å². The molecule has 0 aliphatic rings. The summed E-state index contributed by atoms with van der Waals surface area (Å²) < 4.78 is 26.4. The smallest absolute Gasteiger partial charge is 0.319 e. The summed E-state index contributed by atoms with van der Waals surface area (Å²) in [5.41, 5.74) is 0.904. The van der Waals surface area contributed by atoms with Gasteiger partial charge in [0.25, 0.3) is 0 Å². The predicted molar refractivity (Wildman–Crippen MR) is 82.5 cm³/mol. The van der Waals surface area contributed by atoms with Crippen molar-refractivity contribution in [3.8, 4) is 0 Å². The number of benzene rings is 2. The van der Waals surface area contributed by atoms with Crippen LogP contribution in [0.3, 0.4) is 0 Å². The highest BCUT2D eigenvalue weighted by Gasteiger charge is 2.18. The fourth-order valence-electron chi connectivity index (χ4n) is 2.19. The first-order chi connectivity index (χ1) is 10.5. The van der Waals surface area contributed by atoms with E-state index >= 15 is 0 Å². The molecular weight excluding hydrogens is 286 g/mol. The molecule has 0 aromatic heterocycles. The van der Waals surface area contributed by atoms with Crippen molar-refractivity contribution >= 4 is 11.7 Å². The van der Waals surface area contributed by atoms with Crippen molar-refractivity contribution in [1.82, 2.24) is 5.32 Å². The van der Waals surface area contributed by atoms with Gasteiger partial charge in [0.05, 0.1) is 11.7 Å². The molecule has 5 heteroatoms. The lowest BCUT2D eigenvalue weighted by atomic mass is 9.96. The summed E-state index contributed by atoms with van der Waals surface area (Å²) in [6, 6.07) is 11.8. The third-order valence-electron chi connectivity index (χ3n) is 3.29. The zero-order chi connectivity index (χ0) is 16.1. The molecule has 1 unspecified atom stereocenters. The van der Waals surface area contributed by atoms with E-state index in [-0.39, 0.29) is 17.6 Å². The van der Waals surface area contributed by atoms with Gasteiger partial charge >= 0.3 is 6.03 Å². The maximum atomic E-state index is 13.5. The average molecular weight is 304 g/mol. The van der Waals surface area contributed by atoms with Gasteiger partial charge < -0.3 is 10.6 Å². The number of nitrogens with one attached hydrogen (secondary N) is 2. The first-order valence-electron chi connectivity index (χ1n) is 7.05. The Balaban J connectivity index is 2.09. The van der Waals surface area contributed by atoms with Gasteiger partial charge in [-0.3, -0.25) is 0 Å². The molecule has 2 rings (SSSR count). The van der Waals surface area contributed by atoms with Crippen LogP contribution in [0.2, 0.25) is 0 Å². The Labute approximate surface area is 128 Å². The molecule has 2 aromatic carbocycles. The maximum absolute atomic E-state index is 13.5. The van der Waals surface area contributed by atoms with Crippen LogP contribution in [0.5, 0.6) is 0 Å². The van der Waals surface area contributed by atoms with Crippen LogP contribution in [-0.4, -0.2) is 6.03 Å². The second-order valence-corrected chi connectivity index (χ2v) is 5.36. The molecule has 3 nitrogen and oxygen atoms in total. The van der Waals surface area contributed by atoms with Crippen LogP contribution in [0.15, 0.2) is 48.5 Å². The number of carbonyl (C=O) groups is 1. The second kappa shape index (κ2) is 7.02.